The Morgan fingerprint density at radius 2 is 1.68 bits per heavy atom. The van der Waals surface area contributed by atoms with Crippen LogP contribution in [0.2, 0.25) is 0 Å². The van der Waals surface area contributed by atoms with E-state index in [-0.39, 0.29) is 12.1 Å². The first-order valence-electron chi connectivity index (χ1n) is 6.98. The molecule has 1 atom stereocenters. The molecule has 0 saturated heterocycles. The zero-order chi connectivity index (χ0) is 14.8. The van der Waals surface area contributed by atoms with E-state index in [9.17, 15) is 4.79 Å². The first-order valence-corrected chi connectivity index (χ1v) is 6.98. The van der Waals surface area contributed by atoms with Gasteiger partial charge in [-0.05, 0) is 64.7 Å². The Morgan fingerprint density at radius 3 is 2.11 bits per heavy atom. The highest BCUT2D eigenvalue weighted by molar-refractivity contribution is 5.76. The SMILES string of the molecule is CCC(C)(C)C(=O)OC(C)c1c(C)cc(C)cc1C. The van der Waals surface area contributed by atoms with E-state index in [4.69, 9.17) is 4.74 Å². The summed E-state index contributed by atoms with van der Waals surface area (Å²) in [6, 6.07) is 4.27. The summed E-state index contributed by atoms with van der Waals surface area (Å²) in [7, 11) is 0. The second-order valence-corrected chi connectivity index (χ2v) is 6.10. The van der Waals surface area contributed by atoms with E-state index in [0.29, 0.717) is 0 Å². The largest absolute Gasteiger partial charge is 0.457 e. The summed E-state index contributed by atoms with van der Waals surface area (Å²) in [5.41, 5.74) is 4.33. The molecule has 0 aliphatic rings. The number of hydrogen-bond donors (Lipinski definition) is 0. The van der Waals surface area contributed by atoms with Crippen LogP contribution in [0.15, 0.2) is 12.1 Å². The molecule has 0 aliphatic heterocycles. The lowest BCUT2D eigenvalue weighted by molar-refractivity contribution is -0.159. The Balaban J connectivity index is 2.97. The summed E-state index contributed by atoms with van der Waals surface area (Å²) < 4.78 is 5.65. The van der Waals surface area contributed by atoms with Crippen molar-refractivity contribution in [3.8, 4) is 0 Å². The van der Waals surface area contributed by atoms with Crippen molar-refractivity contribution in [2.24, 2.45) is 5.41 Å². The Bertz CT molecular complexity index is 449. The highest BCUT2D eigenvalue weighted by Crippen LogP contribution is 2.30. The lowest BCUT2D eigenvalue weighted by atomic mass is 9.90. The normalized spacial score (nSPS) is 13.2. The minimum Gasteiger partial charge on any atom is -0.457 e. The van der Waals surface area contributed by atoms with Crippen molar-refractivity contribution in [1.82, 2.24) is 0 Å². The third-order valence-electron chi connectivity index (χ3n) is 3.86. The average molecular weight is 262 g/mol. The van der Waals surface area contributed by atoms with Crippen LogP contribution in [0.25, 0.3) is 0 Å². The first kappa shape index (κ1) is 15.7. The number of hydrogen-bond acceptors (Lipinski definition) is 2. The topological polar surface area (TPSA) is 26.3 Å². The maximum atomic E-state index is 12.1. The molecule has 2 nitrogen and oxygen atoms in total. The van der Waals surface area contributed by atoms with E-state index in [2.05, 4.69) is 32.9 Å². The van der Waals surface area contributed by atoms with Gasteiger partial charge in [0.15, 0.2) is 0 Å². The summed E-state index contributed by atoms with van der Waals surface area (Å²) >= 11 is 0. The van der Waals surface area contributed by atoms with Crippen LogP contribution in [0.3, 0.4) is 0 Å². The number of carbonyl (C=O) groups is 1. The second-order valence-electron chi connectivity index (χ2n) is 6.10. The minimum absolute atomic E-state index is 0.123. The molecule has 0 aromatic heterocycles. The number of rotatable bonds is 4. The van der Waals surface area contributed by atoms with Crippen molar-refractivity contribution >= 4 is 5.97 Å². The maximum absolute atomic E-state index is 12.1. The molecular formula is C17H26O2. The van der Waals surface area contributed by atoms with Crippen molar-refractivity contribution in [3.05, 3.63) is 34.4 Å². The van der Waals surface area contributed by atoms with Crippen LogP contribution in [0.4, 0.5) is 0 Å². The molecular weight excluding hydrogens is 236 g/mol. The predicted octanol–water partition coefficient (Wildman–Crippen LogP) is 4.65. The Labute approximate surface area is 117 Å². The third-order valence-corrected chi connectivity index (χ3v) is 3.86. The quantitative estimate of drug-likeness (QED) is 0.738. The highest BCUT2D eigenvalue weighted by atomic mass is 16.5. The molecule has 0 amide bonds. The Kier molecular flexibility index (Phi) is 4.78. The van der Waals surface area contributed by atoms with E-state index < -0.39 is 5.41 Å². The van der Waals surface area contributed by atoms with Crippen LogP contribution in [0, 0.1) is 26.2 Å². The number of esters is 1. The molecule has 0 heterocycles. The van der Waals surface area contributed by atoms with Gasteiger partial charge in [0.05, 0.1) is 5.41 Å². The lowest BCUT2D eigenvalue weighted by Crippen LogP contribution is -2.27. The van der Waals surface area contributed by atoms with Gasteiger partial charge in [0, 0.05) is 0 Å². The monoisotopic (exact) mass is 262 g/mol. The second kappa shape index (κ2) is 5.77. The maximum Gasteiger partial charge on any atom is 0.312 e. The smallest absolute Gasteiger partial charge is 0.312 e. The lowest BCUT2D eigenvalue weighted by Gasteiger charge is -2.25. The molecule has 1 aromatic carbocycles. The molecule has 0 bridgehead atoms. The van der Waals surface area contributed by atoms with Crippen LogP contribution >= 0.6 is 0 Å². The summed E-state index contributed by atoms with van der Waals surface area (Å²) in [6.07, 6.45) is 0.587. The highest BCUT2D eigenvalue weighted by Gasteiger charge is 2.29. The zero-order valence-corrected chi connectivity index (χ0v) is 13.3. The number of benzene rings is 1. The Morgan fingerprint density at radius 1 is 1.21 bits per heavy atom. The molecule has 1 rings (SSSR count). The summed E-state index contributed by atoms with van der Waals surface area (Å²) in [6.45, 7) is 14.0. The third kappa shape index (κ3) is 3.59. The molecule has 19 heavy (non-hydrogen) atoms. The van der Waals surface area contributed by atoms with Gasteiger partial charge in [0.1, 0.15) is 6.10 Å². The van der Waals surface area contributed by atoms with Crippen molar-refractivity contribution in [2.75, 3.05) is 0 Å². The van der Waals surface area contributed by atoms with Crippen molar-refractivity contribution in [1.29, 1.82) is 0 Å². The van der Waals surface area contributed by atoms with Gasteiger partial charge >= 0.3 is 5.97 Å². The van der Waals surface area contributed by atoms with Crippen LogP contribution in [-0.2, 0) is 9.53 Å². The van der Waals surface area contributed by atoms with Gasteiger partial charge in [-0.25, -0.2) is 0 Å². The first-order chi connectivity index (χ1) is 8.69. The molecule has 0 fully saturated rings. The van der Waals surface area contributed by atoms with Gasteiger partial charge in [-0.2, -0.15) is 0 Å². The van der Waals surface area contributed by atoms with E-state index in [1.807, 2.05) is 27.7 Å². The van der Waals surface area contributed by atoms with Crippen LogP contribution < -0.4 is 0 Å². The van der Waals surface area contributed by atoms with Crippen LogP contribution in [0.1, 0.15) is 62.5 Å². The van der Waals surface area contributed by atoms with Gasteiger partial charge < -0.3 is 4.74 Å². The fourth-order valence-corrected chi connectivity index (χ4v) is 2.36. The van der Waals surface area contributed by atoms with Crippen molar-refractivity contribution in [2.45, 2.75) is 61.0 Å². The molecule has 0 N–H and O–H groups in total. The predicted molar refractivity (Wildman–Crippen MR) is 79.2 cm³/mol. The van der Waals surface area contributed by atoms with Crippen molar-refractivity contribution in [3.63, 3.8) is 0 Å². The van der Waals surface area contributed by atoms with Gasteiger partial charge in [0.2, 0.25) is 0 Å². The number of aryl methyl sites for hydroxylation is 3. The molecule has 0 spiro atoms. The zero-order valence-electron chi connectivity index (χ0n) is 13.3. The summed E-state index contributed by atoms with van der Waals surface area (Å²) in [5, 5.41) is 0. The molecule has 1 aromatic rings. The minimum atomic E-state index is -0.416. The molecule has 106 valence electrons. The van der Waals surface area contributed by atoms with Gasteiger partial charge in [-0.3, -0.25) is 4.79 Å². The molecule has 0 aliphatic carbocycles. The van der Waals surface area contributed by atoms with Crippen LogP contribution in [-0.4, -0.2) is 5.97 Å². The van der Waals surface area contributed by atoms with E-state index >= 15 is 0 Å². The molecule has 0 radical (unpaired) electrons. The fourth-order valence-electron chi connectivity index (χ4n) is 2.36. The Hall–Kier alpha value is -1.31. The van der Waals surface area contributed by atoms with E-state index in [1.54, 1.807) is 0 Å². The summed E-state index contributed by atoms with van der Waals surface area (Å²) in [4.78, 5) is 12.1. The van der Waals surface area contributed by atoms with Gasteiger partial charge in [-0.1, -0.05) is 24.6 Å². The van der Waals surface area contributed by atoms with Gasteiger partial charge in [-0.15, -0.1) is 0 Å². The van der Waals surface area contributed by atoms with Crippen LogP contribution in [0.5, 0.6) is 0 Å². The molecule has 2 heteroatoms. The average Bonchev–Trinajstić information content (AvgIpc) is 2.27. The molecule has 1 unspecified atom stereocenters. The number of carbonyl (C=O) groups excluding carboxylic acids is 1. The van der Waals surface area contributed by atoms with Crippen molar-refractivity contribution < 1.29 is 9.53 Å². The summed E-state index contributed by atoms with van der Waals surface area (Å²) in [5.74, 6) is -0.123. The van der Waals surface area contributed by atoms with E-state index in [1.165, 1.54) is 16.7 Å². The molecule has 0 saturated carbocycles. The number of ether oxygens (including phenoxy) is 1. The standard InChI is InChI=1S/C17H26O2/c1-8-17(6,7)16(18)19-14(5)15-12(3)9-11(2)10-13(15)4/h9-10,14H,8H2,1-7H3. The van der Waals surface area contributed by atoms with E-state index in [0.717, 1.165) is 12.0 Å². The van der Waals surface area contributed by atoms with Gasteiger partial charge in [0.25, 0.3) is 0 Å². The fraction of sp³-hybridized carbons (Fsp3) is 0.588.